The molecule has 0 saturated carbocycles. The summed E-state index contributed by atoms with van der Waals surface area (Å²) in [5, 5.41) is 3.63. The fourth-order valence-corrected chi connectivity index (χ4v) is 2.81. The molecular formula is C19H15ClN2O4. The number of nitrogens with one attached hydrogen (secondary N) is 1. The normalized spacial score (nSPS) is 10.5. The number of carbonyl (C=O) groups excluding carboxylic acids is 2. The molecular weight excluding hydrogens is 356 g/mol. The number of hydrogen-bond donors (Lipinski definition) is 1. The molecule has 0 unspecified atom stereocenters. The van der Waals surface area contributed by atoms with Crippen LogP contribution in [0.5, 0.6) is 0 Å². The van der Waals surface area contributed by atoms with E-state index in [2.05, 4.69) is 5.32 Å². The number of aromatic nitrogens is 1. The van der Waals surface area contributed by atoms with E-state index in [0.717, 1.165) is 0 Å². The Morgan fingerprint density at radius 2 is 1.92 bits per heavy atom. The molecule has 26 heavy (non-hydrogen) atoms. The number of ether oxygens (including phenoxy) is 1. The lowest BCUT2D eigenvalue weighted by atomic mass is 10.1. The highest BCUT2D eigenvalue weighted by atomic mass is 35.5. The largest absolute Gasteiger partial charge is 0.465 e. The topological polar surface area (TPSA) is 77.4 Å². The molecule has 3 aromatic rings. The maximum absolute atomic E-state index is 12.5. The van der Waals surface area contributed by atoms with Crippen LogP contribution in [0.4, 0.5) is 5.69 Å². The molecule has 0 atom stereocenters. The van der Waals surface area contributed by atoms with Gasteiger partial charge in [-0.25, -0.2) is 4.79 Å². The second-order valence-electron chi connectivity index (χ2n) is 5.55. The Morgan fingerprint density at radius 1 is 1.15 bits per heavy atom. The number of rotatable bonds is 4. The van der Waals surface area contributed by atoms with Crippen LogP contribution in [0.1, 0.15) is 10.4 Å². The maximum Gasteiger partial charge on any atom is 0.339 e. The third-order valence-corrected chi connectivity index (χ3v) is 4.10. The van der Waals surface area contributed by atoms with E-state index in [4.69, 9.17) is 16.3 Å². The molecule has 1 N–H and O–H groups in total. The number of benzene rings is 2. The van der Waals surface area contributed by atoms with Gasteiger partial charge in [0.15, 0.2) is 5.43 Å². The summed E-state index contributed by atoms with van der Waals surface area (Å²) in [5.41, 5.74) is 1.02. The highest BCUT2D eigenvalue weighted by Gasteiger charge is 2.14. The van der Waals surface area contributed by atoms with Crippen molar-refractivity contribution in [3.05, 3.63) is 75.5 Å². The van der Waals surface area contributed by atoms with Crippen molar-refractivity contribution in [2.24, 2.45) is 0 Å². The maximum atomic E-state index is 12.5. The van der Waals surface area contributed by atoms with Crippen LogP contribution in [0.15, 0.2) is 59.5 Å². The van der Waals surface area contributed by atoms with Gasteiger partial charge in [0, 0.05) is 22.7 Å². The van der Waals surface area contributed by atoms with Crippen molar-refractivity contribution in [3.8, 4) is 0 Å². The van der Waals surface area contributed by atoms with Gasteiger partial charge >= 0.3 is 5.97 Å². The standard InChI is InChI=1S/C19H15ClN2O4/c1-26-19(25)13-4-2-3-5-15(13)21-18(24)11-22-9-8-17(23)14-7-6-12(20)10-16(14)22/h2-10H,11H2,1H3,(H,21,24). The number of para-hydroxylation sites is 1. The summed E-state index contributed by atoms with van der Waals surface area (Å²) >= 11 is 6.01. The number of carbonyl (C=O) groups is 2. The third-order valence-electron chi connectivity index (χ3n) is 3.86. The van der Waals surface area contributed by atoms with E-state index < -0.39 is 5.97 Å². The molecule has 1 aromatic heterocycles. The van der Waals surface area contributed by atoms with Crippen molar-refractivity contribution < 1.29 is 14.3 Å². The number of halogens is 1. The van der Waals surface area contributed by atoms with Crippen LogP contribution in [-0.4, -0.2) is 23.6 Å². The van der Waals surface area contributed by atoms with Gasteiger partial charge in [0.05, 0.1) is 23.9 Å². The van der Waals surface area contributed by atoms with Crippen molar-refractivity contribution in [1.82, 2.24) is 4.57 Å². The molecule has 7 heteroatoms. The monoisotopic (exact) mass is 370 g/mol. The van der Waals surface area contributed by atoms with Gasteiger partial charge in [-0.05, 0) is 30.3 Å². The van der Waals surface area contributed by atoms with Gasteiger partial charge in [-0.1, -0.05) is 23.7 Å². The number of pyridine rings is 1. The van der Waals surface area contributed by atoms with Crippen LogP contribution in [0.2, 0.25) is 5.02 Å². The summed E-state index contributed by atoms with van der Waals surface area (Å²) in [6.45, 7) is -0.0490. The Balaban J connectivity index is 1.89. The van der Waals surface area contributed by atoms with Crippen LogP contribution in [0, 0.1) is 0 Å². The number of fused-ring (bicyclic) bond motifs is 1. The molecule has 132 valence electrons. The van der Waals surface area contributed by atoms with Crippen molar-refractivity contribution >= 4 is 40.1 Å². The fourth-order valence-electron chi connectivity index (χ4n) is 2.64. The number of anilines is 1. The first-order valence-electron chi connectivity index (χ1n) is 7.75. The van der Waals surface area contributed by atoms with E-state index in [1.807, 2.05) is 0 Å². The third kappa shape index (κ3) is 3.60. The SMILES string of the molecule is COC(=O)c1ccccc1NC(=O)Cn1ccc(=O)c2ccc(Cl)cc21. The van der Waals surface area contributed by atoms with Crippen LogP contribution in [0.3, 0.4) is 0 Å². The average Bonchev–Trinajstić information content (AvgIpc) is 2.64. The lowest BCUT2D eigenvalue weighted by Crippen LogP contribution is -2.21. The zero-order valence-electron chi connectivity index (χ0n) is 13.9. The molecule has 0 bridgehead atoms. The van der Waals surface area contributed by atoms with Crippen molar-refractivity contribution in [3.63, 3.8) is 0 Å². The second kappa shape index (κ2) is 7.41. The summed E-state index contributed by atoms with van der Waals surface area (Å²) in [6.07, 6.45) is 1.53. The molecule has 0 aliphatic carbocycles. The molecule has 6 nitrogen and oxygen atoms in total. The Bertz CT molecular complexity index is 1060. The Morgan fingerprint density at radius 3 is 2.69 bits per heavy atom. The van der Waals surface area contributed by atoms with Gasteiger partial charge in [0.1, 0.15) is 6.54 Å². The summed E-state index contributed by atoms with van der Waals surface area (Å²) in [5.74, 6) is -0.896. The van der Waals surface area contributed by atoms with Crippen LogP contribution in [-0.2, 0) is 16.1 Å². The molecule has 0 aliphatic heterocycles. The lowest BCUT2D eigenvalue weighted by molar-refractivity contribution is -0.116. The minimum absolute atomic E-state index is 0.0490. The van der Waals surface area contributed by atoms with Gasteiger partial charge < -0.3 is 14.6 Å². The lowest BCUT2D eigenvalue weighted by Gasteiger charge is -2.13. The quantitative estimate of drug-likeness (QED) is 0.716. The molecule has 0 radical (unpaired) electrons. The first-order chi connectivity index (χ1) is 12.5. The molecule has 2 aromatic carbocycles. The second-order valence-corrected chi connectivity index (χ2v) is 5.99. The summed E-state index contributed by atoms with van der Waals surface area (Å²) in [7, 11) is 1.27. The van der Waals surface area contributed by atoms with Gasteiger partial charge in [0.25, 0.3) is 0 Å². The van der Waals surface area contributed by atoms with Crippen molar-refractivity contribution in [2.75, 3.05) is 12.4 Å². The van der Waals surface area contributed by atoms with Crippen LogP contribution < -0.4 is 10.7 Å². The van der Waals surface area contributed by atoms with E-state index in [9.17, 15) is 14.4 Å². The van der Waals surface area contributed by atoms with E-state index in [1.54, 1.807) is 47.0 Å². The van der Waals surface area contributed by atoms with Gasteiger partial charge in [-0.3, -0.25) is 9.59 Å². The molecule has 1 amide bonds. The minimum atomic E-state index is -0.540. The zero-order chi connectivity index (χ0) is 18.7. The first-order valence-corrected chi connectivity index (χ1v) is 8.13. The highest BCUT2D eigenvalue weighted by molar-refractivity contribution is 6.31. The van der Waals surface area contributed by atoms with E-state index >= 15 is 0 Å². The molecule has 0 aliphatic rings. The number of methoxy groups -OCH3 is 1. The molecule has 1 heterocycles. The van der Waals surface area contributed by atoms with Crippen LogP contribution >= 0.6 is 11.6 Å². The number of hydrogen-bond acceptors (Lipinski definition) is 4. The summed E-state index contributed by atoms with van der Waals surface area (Å²) in [4.78, 5) is 36.2. The molecule has 3 rings (SSSR count). The zero-order valence-corrected chi connectivity index (χ0v) is 14.6. The Kier molecular flexibility index (Phi) is 5.04. The van der Waals surface area contributed by atoms with E-state index in [-0.39, 0.29) is 23.4 Å². The average molecular weight is 371 g/mol. The summed E-state index contributed by atoms with van der Waals surface area (Å²) < 4.78 is 6.34. The van der Waals surface area contributed by atoms with Gasteiger partial charge in [-0.2, -0.15) is 0 Å². The van der Waals surface area contributed by atoms with Gasteiger partial charge in [-0.15, -0.1) is 0 Å². The van der Waals surface area contributed by atoms with Crippen LogP contribution in [0.25, 0.3) is 10.9 Å². The van der Waals surface area contributed by atoms with Crippen molar-refractivity contribution in [2.45, 2.75) is 6.54 Å². The molecule has 0 saturated heterocycles. The molecule has 0 fully saturated rings. The van der Waals surface area contributed by atoms with E-state index in [1.165, 1.54) is 19.4 Å². The smallest absolute Gasteiger partial charge is 0.339 e. The number of amides is 1. The van der Waals surface area contributed by atoms with Crippen molar-refractivity contribution in [1.29, 1.82) is 0 Å². The Labute approximate surface area is 154 Å². The predicted octanol–water partition coefficient (Wildman–Crippen LogP) is 3.08. The summed E-state index contributed by atoms with van der Waals surface area (Å²) in [6, 6.07) is 12.8. The highest BCUT2D eigenvalue weighted by Crippen LogP contribution is 2.18. The predicted molar refractivity (Wildman–Crippen MR) is 99.6 cm³/mol. The number of esters is 1. The fraction of sp³-hybridized carbons (Fsp3) is 0.105. The Hall–Kier alpha value is -3.12. The molecule has 0 spiro atoms. The first kappa shape index (κ1) is 17.7. The minimum Gasteiger partial charge on any atom is -0.465 e. The van der Waals surface area contributed by atoms with Gasteiger partial charge in [0.2, 0.25) is 5.91 Å². The number of nitrogens with zero attached hydrogens (tertiary/aromatic N) is 1. The van der Waals surface area contributed by atoms with E-state index in [0.29, 0.717) is 21.6 Å².